The molecule has 85 valence electrons. The number of nitrogens with one attached hydrogen (secondary N) is 2. The molecule has 0 bridgehead atoms. The van der Waals surface area contributed by atoms with E-state index in [9.17, 15) is 0 Å². The van der Waals surface area contributed by atoms with Crippen LogP contribution in [0.25, 0.3) is 0 Å². The van der Waals surface area contributed by atoms with E-state index in [-0.39, 0.29) is 0 Å². The number of nitrogens with zero attached hydrogens (tertiary/aromatic N) is 1. The van der Waals surface area contributed by atoms with Crippen LogP contribution < -0.4 is 16.2 Å². The molecule has 0 aromatic carbocycles. The Morgan fingerprint density at radius 3 is 2.43 bits per heavy atom. The van der Waals surface area contributed by atoms with Gasteiger partial charge in [-0.3, -0.25) is 0 Å². The first-order valence-electron chi connectivity index (χ1n) is 5.95. The van der Waals surface area contributed by atoms with Gasteiger partial charge in [-0.05, 0) is 32.9 Å². The highest BCUT2D eigenvalue weighted by Crippen LogP contribution is 1.92. The van der Waals surface area contributed by atoms with Gasteiger partial charge in [0, 0.05) is 13.1 Å². The molecule has 0 aliphatic heterocycles. The van der Waals surface area contributed by atoms with E-state index in [1.807, 2.05) is 7.05 Å². The molecular formula is C11H26N3. The van der Waals surface area contributed by atoms with E-state index in [0.29, 0.717) is 0 Å². The zero-order chi connectivity index (χ0) is 10.5. The van der Waals surface area contributed by atoms with Crippen molar-refractivity contribution >= 4 is 0 Å². The molecule has 0 aromatic heterocycles. The van der Waals surface area contributed by atoms with Crippen molar-refractivity contribution in [2.24, 2.45) is 0 Å². The summed E-state index contributed by atoms with van der Waals surface area (Å²) in [5.74, 6) is 0. The molecule has 0 saturated carbocycles. The van der Waals surface area contributed by atoms with Crippen molar-refractivity contribution in [2.45, 2.75) is 45.4 Å². The second-order valence-electron chi connectivity index (χ2n) is 3.66. The third-order valence-corrected chi connectivity index (χ3v) is 2.20. The molecule has 2 N–H and O–H groups in total. The lowest BCUT2D eigenvalue weighted by molar-refractivity contribution is 0.480. The van der Waals surface area contributed by atoms with Crippen LogP contribution in [0, 0.1) is 0 Å². The van der Waals surface area contributed by atoms with Crippen molar-refractivity contribution in [1.29, 1.82) is 0 Å². The van der Waals surface area contributed by atoms with Gasteiger partial charge in [-0.15, -0.1) is 0 Å². The second kappa shape index (κ2) is 12.9. The summed E-state index contributed by atoms with van der Waals surface area (Å²) in [4.78, 5) is 0. The van der Waals surface area contributed by atoms with E-state index >= 15 is 0 Å². The summed E-state index contributed by atoms with van der Waals surface area (Å²) in [5.41, 5.74) is 7.39. The monoisotopic (exact) mass is 200 g/mol. The highest BCUT2D eigenvalue weighted by molar-refractivity contribution is 4.47. The zero-order valence-corrected chi connectivity index (χ0v) is 9.81. The van der Waals surface area contributed by atoms with Crippen molar-refractivity contribution in [3.8, 4) is 0 Å². The maximum Gasteiger partial charge on any atom is 0.0304 e. The van der Waals surface area contributed by atoms with Gasteiger partial charge in [-0.2, -0.15) is 5.43 Å². The van der Waals surface area contributed by atoms with Crippen LogP contribution in [0.2, 0.25) is 0 Å². The van der Waals surface area contributed by atoms with Gasteiger partial charge in [0.1, 0.15) is 0 Å². The van der Waals surface area contributed by atoms with Crippen LogP contribution in [0.1, 0.15) is 45.4 Å². The first kappa shape index (κ1) is 13.9. The lowest BCUT2D eigenvalue weighted by Gasteiger charge is -2.03. The van der Waals surface area contributed by atoms with Crippen molar-refractivity contribution in [3.05, 3.63) is 0 Å². The van der Waals surface area contributed by atoms with Gasteiger partial charge in [0.25, 0.3) is 0 Å². The first-order chi connectivity index (χ1) is 6.91. The molecule has 0 aliphatic carbocycles. The Labute approximate surface area is 89.0 Å². The standard InChI is InChI=1S/C11H26N3/c1-3-4-6-10-13-14-11-8-5-7-9-12-2/h12-13H,3-11H2,1-2H3. The van der Waals surface area contributed by atoms with Crippen LogP contribution in [-0.2, 0) is 0 Å². The fourth-order valence-corrected chi connectivity index (χ4v) is 1.28. The SMILES string of the molecule is CCCCCN[N]CCCCCNC. The predicted molar refractivity (Wildman–Crippen MR) is 62.3 cm³/mol. The molecule has 0 amide bonds. The molecule has 0 heterocycles. The van der Waals surface area contributed by atoms with Gasteiger partial charge < -0.3 is 5.32 Å². The van der Waals surface area contributed by atoms with Crippen LogP contribution in [0.3, 0.4) is 0 Å². The lowest BCUT2D eigenvalue weighted by Crippen LogP contribution is -2.26. The summed E-state index contributed by atoms with van der Waals surface area (Å²) in [5, 5.41) is 3.15. The molecule has 0 fully saturated rings. The third kappa shape index (κ3) is 11.9. The number of rotatable bonds is 11. The van der Waals surface area contributed by atoms with Crippen LogP contribution in [-0.4, -0.2) is 26.7 Å². The van der Waals surface area contributed by atoms with E-state index < -0.39 is 0 Å². The Kier molecular flexibility index (Phi) is 12.8. The fraction of sp³-hybridized carbons (Fsp3) is 1.00. The average Bonchev–Trinajstić information content (AvgIpc) is 2.21. The number of hydrogen-bond acceptors (Lipinski definition) is 2. The predicted octanol–water partition coefficient (Wildman–Crippen LogP) is 1.68. The van der Waals surface area contributed by atoms with Gasteiger partial charge in [-0.1, -0.05) is 26.2 Å². The molecular weight excluding hydrogens is 174 g/mol. The summed E-state index contributed by atoms with van der Waals surface area (Å²) in [6, 6.07) is 0. The molecule has 0 aliphatic rings. The van der Waals surface area contributed by atoms with Crippen LogP contribution in [0.5, 0.6) is 0 Å². The second-order valence-corrected chi connectivity index (χ2v) is 3.66. The van der Waals surface area contributed by atoms with Gasteiger partial charge in [0.15, 0.2) is 0 Å². The van der Waals surface area contributed by atoms with E-state index in [1.54, 1.807) is 0 Å². The topological polar surface area (TPSA) is 38.2 Å². The van der Waals surface area contributed by atoms with Crippen molar-refractivity contribution in [1.82, 2.24) is 16.2 Å². The zero-order valence-electron chi connectivity index (χ0n) is 9.81. The van der Waals surface area contributed by atoms with E-state index in [1.165, 1.54) is 38.5 Å². The molecule has 0 atom stereocenters. The summed E-state index contributed by atoms with van der Waals surface area (Å²) in [6.07, 6.45) is 7.60. The molecule has 0 saturated heterocycles. The molecule has 3 nitrogen and oxygen atoms in total. The Hall–Kier alpha value is -0.120. The highest BCUT2D eigenvalue weighted by atomic mass is 15.3. The number of hydrogen-bond donors (Lipinski definition) is 2. The molecule has 0 aromatic rings. The molecule has 3 heteroatoms. The minimum atomic E-state index is 0.968. The minimum Gasteiger partial charge on any atom is -0.320 e. The Morgan fingerprint density at radius 2 is 1.71 bits per heavy atom. The molecule has 14 heavy (non-hydrogen) atoms. The molecule has 0 rings (SSSR count). The van der Waals surface area contributed by atoms with Crippen LogP contribution in [0.4, 0.5) is 0 Å². The normalized spacial score (nSPS) is 10.7. The van der Waals surface area contributed by atoms with Crippen molar-refractivity contribution < 1.29 is 0 Å². The van der Waals surface area contributed by atoms with Crippen molar-refractivity contribution in [3.63, 3.8) is 0 Å². The quantitative estimate of drug-likeness (QED) is 0.393. The summed E-state index contributed by atoms with van der Waals surface area (Å²) in [6.45, 7) is 5.36. The van der Waals surface area contributed by atoms with E-state index in [2.05, 4.69) is 23.1 Å². The smallest absolute Gasteiger partial charge is 0.0304 e. The van der Waals surface area contributed by atoms with Crippen LogP contribution >= 0.6 is 0 Å². The van der Waals surface area contributed by atoms with E-state index in [4.69, 9.17) is 0 Å². The van der Waals surface area contributed by atoms with Crippen molar-refractivity contribution in [2.75, 3.05) is 26.7 Å². The maximum absolute atomic E-state index is 4.27. The Morgan fingerprint density at radius 1 is 0.929 bits per heavy atom. The Bertz CT molecular complexity index is 84.5. The fourth-order valence-electron chi connectivity index (χ4n) is 1.28. The summed E-state index contributed by atoms with van der Waals surface area (Å²) < 4.78 is 0. The summed E-state index contributed by atoms with van der Waals surface area (Å²) in [7, 11) is 2.00. The van der Waals surface area contributed by atoms with Gasteiger partial charge in [-0.25, -0.2) is 5.43 Å². The van der Waals surface area contributed by atoms with Gasteiger partial charge in [0.05, 0.1) is 0 Å². The van der Waals surface area contributed by atoms with Gasteiger partial charge in [0.2, 0.25) is 0 Å². The molecule has 0 spiro atoms. The van der Waals surface area contributed by atoms with Gasteiger partial charge >= 0.3 is 0 Å². The summed E-state index contributed by atoms with van der Waals surface area (Å²) >= 11 is 0. The third-order valence-electron chi connectivity index (χ3n) is 2.20. The average molecular weight is 200 g/mol. The Balaban J connectivity index is 2.78. The minimum absolute atomic E-state index is 0.968. The largest absolute Gasteiger partial charge is 0.320 e. The highest BCUT2D eigenvalue weighted by Gasteiger charge is 1.90. The lowest BCUT2D eigenvalue weighted by atomic mass is 10.2. The first-order valence-corrected chi connectivity index (χ1v) is 5.95. The maximum atomic E-state index is 4.27. The molecule has 0 unspecified atom stereocenters. The molecule has 1 radical (unpaired) electrons. The number of unbranched alkanes of at least 4 members (excludes halogenated alkanes) is 4. The van der Waals surface area contributed by atoms with Crippen LogP contribution in [0.15, 0.2) is 0 Å². The van der Waals surface area contributed by atoms with E-state index in [0.717, 1.165) is 19.6 Å².